The Balaban J connectivity index is 0.702. The summed E-state index contributed by atoms with van der Waals surface area (Å²) in [6.45, 7) is 7.57. The van der Waals surface area contributed by atoms with Gasteiger partial charge in [-0.2, -0.15) is 30.4 Å². The zero-order chi connectivity index (χ0) is 79.0. The van der Waals surface area contributed by atoms with Gasteiger partial charge in [-0.3, -0.25) is 47.8 Å². The molecule has 6 heterocycles. The number of likely N-dealkylation sites (N-methyl/N-ethyl adjacent to an activating group) is 2. The topological polar surface area (TPSA) is 565 Å². The van der Waals surface area contributed by atoms with Crippen molar-refractivity contribution in [3.63, 3.8) is 0 Å². The van der Waals surface area contributed by atoms with Crippen LogP contribution in [0.3, 0.4) is 0 Å². The van der Waals surface area contributed by atoms with Crippen LogP contribution in [0.2, 0.25) is 0 Å². The number of para-hydroxylation sites is 1. The molecular weight excluding hydrogens is 1540 g/mol. The Hall–Kier alpha value is -8.29. The Kier molecular flexibility index (Phi) is 24.3. The summed E-state index contributed by atoms with van der Waals surface area (Å²) in [5, 5.41) is 26.0. The largest absolute Gasteiger partial charge is 0.508 e. The molecule has 5 aromatic rings. The smallest absolute Gasteiger partial charge is 0.478 e. The van der Waals surface area contributed by atoms with E-state index in [9.17, 15) is 83.8 Å². The number of H-pyrrole nitrogens is 1. The van der Waals surface area contributed by atoms with Gasteiger partial charge < -0.3 is 78.5 Å². The van der Waals surface area contributed by atoms with Crippen molar-refractivity contribution < 1.29 is 135 Å². The van der Waals surface area contributed by atoms with Gasteiger partial charge in [-0.1, -0.05) is 24.3 Å². The van der Waals surface area contributed by atoms with Gasteiger partial charge in [0.25, 0.3) is 37.4 Å². The number of nitro groups is 1. The van der Waals surface area contributed by atoms with Crippen molar-refractivity contribution in [3.05, 3.63) is 161 Å². The molecule has 4 aliphatic heterocycles. The summed E-state index contributed by atoms with van der Waals surface area (Å²) in [6, 6.07) is 11.5. The molecule has 1 saturated heterocycles. The number of benzene rings is 3. The SMILES string of the molecule is CN1c2cc3c(cc2C(CS(=O)(=O)O)=CC1(C)C)C(c1ccc(C(=O)NCCOCCOCCOCCOCc2cccc(COC(=O)O[C@@H]4C[C@H](n5cnc6c(=O)[nH]c(N)nc65)O[C@@H]4COP(=O)(O)OP(=O)(O)OP(=O)(O)O)c2[N+](=O)[O-])cc1C(=O)O)=C1C=C2C(CS(=O)(=O)O)=CC(C)(C)N(C)C2(C)C=C1O3. The summed E-state index contributed by atoms with van der Waals surface area (Å²) in [5.41, 5.74) is 4.00. The van der Waals surface area contributed by atoms with E-state index in [1.54, 1.807) is 43.5 Å². The number of hydrogen-bond acceptors (Lipinski definition) is 29. The van der Waals surface area contributed by atoms with E-state index in [0.717, 1.165) is 6.33 Å². The summed E-state index contributed by atoms with van der Waals surface area (Å²) in [7, 11) is -23.0. The highest BCUT2D eigenvalue weighted by molar-refractivity contribution is 7.86. The number of imidazole rings is 1. The first kappa shape index (κ1) is 82.2. The minimum Gasteiger partial charge on any atom is -0.478 e. The summed E-state index contributed by atoms with van der Waals surface area (Å²) in [5.74, 6) is -3.41. The predicted molar refractivity (Wildman–Crippen MR) is 378 cm³/mol. The number of nitrogens with zero attached hydrogens (tertiary/aromatic N) is 6. The minimum atomic E-state index is -5.94. The fourth-order valence-electron chi connectivity index (χ4n) is 12.9. The predicted octanol–water partition coefficient (Wildman–Crippen LogP) is 5.47. The quantitative estimate of drug-likeness (QED) is 0.00621. The molecule has 1 aliphatic carbocycles. The van der Waals surface area contributed by atoms with Gasteiger partial charge in [-0.05, 0) is 106 Å². The monoisotopic (exact) mass is 1610 g/mol. The molecule has 6 atom stereocenters. The lowest BCUT2D eigenvalue weighted by atomic mass is 9.71. The lowest BCUT2D eigenvalue weighted by molar-refractivity contribution is -0.387. The third kappa shape index (κ3) is 19.5. The van der Waals surface area contributed by atoms with Crippen LogP contribution in [0.1, 0.15) is 95.8 Å². The van der Waals surface area contributed by atoms with E-state index in [1.807, 2.05) is 51.5 Å². The van der Waals surface area contributed by atoms with Crippen molar-refractivity contribution in [2.75, 3.05) is 95.6 Å². The highest BCUT2D eigenvalue weighted by Crippen LogP contribution is 2.66. The van der Waals surface area contributed by atoms with Gasteiger partial charge in [0.15, 0.2) is 11.2 Å². The fraction of sp³-hybridized carbons (Fsp3) is 0.429. The molecule has 40 nitrogen and oxygen atoms in total. The van der Waals surface area contributed by atoms with E-state index < -0.39 is 138 Å². The number of nitrogen functional groups attached to an aromatic ring is 1. The molecule has 1 amide bonds. The number of aromatic nitrogens is 4. The first-order valence-corrected chi connectivity index (χ1v) is 40.2. The van der Waals surface area contributed by atoms with E-state index >= 15 is 0 Å². The number of aromatic amines is 1. The molecule has 0 bridgehead atoms. The van der Waals surface area contributed by atoms with E-state index in [-0.39, 0.29) is 139 Å². The molecule has 0 spiro atoms. The number of nitrogens with one attached hydrogen (secondary N) is 2. The number of phosphoric acid groups is 3. The summed E-state index contributed by atoms with van der Waals surface area (Å²) < 4.78 is 165. The molecular formula is C63H76N9O31P3S2. The van der Waals surface area contributed by atoms with Crippen molar-refractivity contribution in [1.82, 2.24) is 29.7 Å². The number of aromatic carboxylic acids is 1. The number of hydrogen-bond donors (Lipinski definition) is 10. The maximum absolute atomic E-state index is 13.7. The fourth-order valence-corrected chi connectivity index (χ4v) is 17.2. The number of carboxylic acid groups (broad SMARTS) is 1. The lowest BCUT2D eigenvalue weighted by Crippen LogP contribution is -2.58. The normalized spacial score (nSPS) is 20.8. The Morgan fingerprint density at radius 2 is 1.44 bits per heavy atom. The zero-order valence-corrected chi connectivity index (χ0v) is 62.8. The Labute approximate surface area is 614 Å². The standard InChI is InChI=1S/C63H76N9O31P3S2/c1-61(2)26-38(32-107(87,88)89)41-22-43-47(24-46(41)69(61)6)99-49-28-63(5)45(39(33-108(90,91)92)27-62(3,4)70(63)7)23-44(49)52(43)40-12-11-35(21-42(40)58(75)76)56(73)65-13-14-93-15-16-94-17-18-95-19-20-96-29-36-9-8-10-37(54(36)72(78)79)30-97-60(77)101-48-25-51(71-34-66-53-55(71)67-59(64)68-57(53)74)100-50(48)31-98-105(83,84)103-106(85,86)102-104(80,81)82/h8-12,21-24,26-28,34,48,50-51H,13-20,25,29-33H2,1-7H3,(H,65,73)(H,75,76)(H,83,84)(H,85,86)(H2,80,81,82)(H,87,88,89)(H,90,91,92)(H3,64,67,68,74)/t48-,50-,51-,63?/m1/s1. The van der Waals surface area contributed by atoms with Gasteiger partial charge in [-0.15, -0.1) is 0 Å². The highest BCUT2D eigenvalue weighted by Gasteiger charge is 2.50. The second-order valence-corrected chi connectivity index (χ2v) is 33.6. The van der Waals surface area contributed by atoms with Gasteiger partial charge >= 0.3 is 35.6 Å². The van der Waals surface area contributed by atoms with E-state index in [0.29, 0.717) is 28.0 Å². The van der Waals surface area contributed by atoms with Crippen LogP contribution in [-0.2, 0) is 93.4 Å². The first-order valence-electron chi connectivity index (χ1n) is 32.4. The number of carbonyl (C=O) groups excluding carboxylic acids is 2. The molecule has 1 fully saturated rings. The first-order chi connectivity index (χ1) is 50.3. The van der Waals surface area contributed by atoms with Gasteiger partial charge in [0.1, 0.15) is 48.1 Å². The molecule has 3 unspecified atom stereocenters. The lowest BCUT2D eigenvalue weighted by Gasteiger charge is -2.53. The number of fused-ring (bicyclic) bond motifs is 5. The number of phosphoric ester groups is 1. The van der Waals surface area contributed by atoms with E-state index in [1.165, 1.54) is 41.0 Å². The van der Waals surface area contributed by atoms with Crippen molar-refractivity contribution >= 4 is 101 Å². The van der Waals surface area contributed by atoms with Gasteiger partial charge in [-0.25, -0.2) is 28.3 Å². The summed E-state index contributed by atoms with van der Waals surface area (Å²) >= 11 is 0. The number of carbonyl (C=O) groups is 3. The molecule has 45 heteroatoms. The molecule has 586 valence electrons. The Bertz CT molecular complexity index is 5050. The maximum Gasteiger partial charge on any atom is 0.508 e. The third-order valence-electron chi connectivity index (χ3n) is 18.0. The molecule has 2 aromatic heterocycles. The summed E-state index contributed by atoms with van der Waals surface area (Å²) in [4.78, 5) is 116. The Morgan fingerprint density at radius 3 is 2.07 bits per heavy atom. The van der Waals surface area contributed by atoms with Crippen LogP contribution in [0.4, 0.5) is 22.1 Å². The zero-order valence-electron chi connectivity index (χ0n) is 58.5. The number of nitrogens with two attached hydrogens (primary N) is 1. The number of nitro benzene ring substituents is 1. The molecule has 10 rings (SSSR count). The number of ether oxygens (including phenoxy) is 8. The molecule has 5 aliphatic rings. The number of amides is 1. The second-order valence-electron chi connectivity index (χ2n) is 26.3. The van der Waals surface area contributed by atoms with Crippen molar-refractivity contribution in [2.45, 2.75) is 89.3 Å². The number of rotatable bonds is 33. The highest BCUT2D eigenvalue weighted by atomic mass is 32.2. The van der Waals surface area contributed by atoms with Crippen molar-refractivity contribution in [3.8, 4) is 5.75 Å². The number of carboxylic acids is 1. The molecule has 0 radical (unpaired) electrons. The van der Waals surface area contributed by atoms with Crippen molar-refractivity contribution in [1.29, 1.82) is 0 Å². The van der Waals surface area contributed by atoms with Gasteiger partial charge in [0.2, 0.25) is 5.95 Å². The van der Waals surface area contributed by atoms with Crippen LogP contribution in [0.15, 0.2) is 106 Å². The van der Waals surface area contributed by atoms with Crippen LogP contribution in [-0.4, -0.2) is 212 Å². The molecule has 3 aromatic carbocycles. The second kappa shape index (κ2) is 32.0. The maximum atomic E-state index is 13.7. The van der Waals surface area contributed by atoms with Crippen molar-refractivity contribution in [2.24, 2.45) is 0 Å². The van der Waals surface area contributed by atoms with Crippen LogP contribution in [0, 0.1) is 10.1 Å². The number of allylic oxidation sites excluding steroid dienone is 1. The number of anilines is 2. The molecule has 108 heavy (non-hydrogen) atoms. The Morgan fingerprint density at radius 1 is 0.806 bits per heavy atom. The van der Waals surface area contributed by atoms with Crippen LogP contribution in [0.25, 0.3) is 22.3 Å². The van der Waals surface area contributed by atoms with Crippen LogP contribution in [0.5, 0.6) is 5.75 Å². The molecule has 11 N–H and O–H groups in total. The van der Waals surface area contributed by atoms with Gasteiger partial charge in [0.05, 0.1) is 98.5 Å². The molecule has 0 saturated carbocycles. The van der Waals surface area contributed by atoms with Crippen LogP contribution < -0.4 is 26.2 Å². The van der Waals surface area contributed by atoms with Crippen LogP contribution >= 0.6 is 23.5 Å². The van der Waals surface area contributed by atoms with E-state index in [2.05, 4.69) is 28.9 Å². The average Bonchev–Trinajstić information content (AvgIpc) is 0.914. The minimum absolute atomic E-state index is 0.0126. The van der Waals surface area contributed by atoms with Gasteiger partial charge in [0, 0.05) is 65.1 Å². The van der Waals surface area contributed by atoms with E-state index in [4.69, 9.17) is 57.9 Å². The third-order valence-corrected chi connectivity index (χ3v) is 23.2. The average molecular weight is 1610 g/mol. The summed E-state index contributed by atoms with van der Waals surface area (Å²) in [6.07, 6.45) is 1.81.